The van der Waals surface area contributed by atoms with Crippen molar-refractivity contribution in [2.24, 2.45) is 0 Å². The first kappa shape index (κ1) is 16.4. The fraction of sp³-hybridized carbons (Fsp3) is 0.300. The lowest BCUT2D eigenvalue weighted by molar-refractivity contribution is -0.116. The molecule has 2 N–H and O–H groups in total. The molecule has 2 aromatic heterocycles. The standard InChI is InChI=1S/C20H21N5O/c26-20(9-8-18-21-10-3-11-22-18)23-19-13-17(24-25-19)16-7-6-14-4-1-2-5-15(14)12-16/h3,6-7,10-13H,1-2,4-5,8-9H2,(H2,23,24,25,26). The number of amides is 1. The van der Waals surface area contributed by atoms with E-state index in [0.717, 1.165) is 17.7 Å². The molecule has 0 unspecified atom stereocenters. The van der Waals surface area contributed by atoms with Crippen LogP contribution >= 0.6 is 0 Å². The molecule has 3 aromatic rings. The minimum Gasteiger partial charge on any atom is -0.309 e. The molecule has 1 amide bonds. The van der Waals surface area contributed by atoms with Gasteiger partial charge in [-0.1, -0.05) is 12.1 Å². The quantitative estimate of drug-likeness (QED) is 0.741. The van der Waals surface area contributed by atoms with Gasteiger partial charge in [-0.25, -0.2) is 9.97 Å². The number of fused-ring (bicyclic) bond motifs is 1. The molecule has 1 aromatic carbocycles. The molecule has 0 aliphatic heterocycles. The highest BCUT2D eigenvalue weighted by atomic mass is 16.1. The summed E-state index contributed by atoms with van der Waals surface area (Å²) in [6.07, 6.45) is 9.04. The number of hydrogen-bond acceptors (Lipinski definition) is 4. The van der Waals surface area contributed by atoms with Crippen LogP contribution in [0.25, 0.3) is 11.3 Å². The lowest BCUT2D eigenvalue weighted by Crippen LogP contribution is -2.13. The van der Waals surface area contributed by atoms with Gasteiger partial charge in [0.1, 0.15) is 5.82 Å². The molecule has 0 saturated heterocycles. The van der Waals surface area contributed by atoms with Gasteiger partial charge < -0.3 is 5.32 Å². The highest BCUT2D eigenvalue weighted by Gasteiger charge is 2.12. The zero-order valence-corrected chi connectivity index (χ0v) is 14.5. The van der Waals surface area contributed by atoms with Crippen molar-refractivity contribution in [3.63, 3.8) is 0 Å². The molecule has 0 bridgehead atoms. The molecule has 6 nitrogen and oxygen atoms in total. The Morgan fingerprint density at radius 3 is 2.73 bits per heavy atom. The number of hydrogen-bond donors (Lipinski definition) is 2. The van der Waals surface area contributed by atoms with Gasteiger partial charge in [0.2, 0.25) is 5.91 Å². The van der Waals surface area contributed by atoms with Crippen molar-refractivity contribution in [3.8, 4) is 11.3 Å². The van der Waals surface area contributed by atoms with E-state index in [1.54, 1.807) is 18.5 Å². The second kappa shape index (κ2) is 7.47. The highest BCUT2D eigenvalue weighted by Crippen LogP contribution is 2.27. The Balaban J connectivity index is 1.39. The van der Waals surface area contributed by atoms with Crippen molar-refractivity contribution < 1.29 is 4.79 Å². The molecule has 6 heteroatoms. The minimum atomic E-state index is -0.0963. The first-order chi connectivity index (χ1) is 12.8. The number of benzene rings is 1. The second-order valence-electron chi connectivity index (χ2n) is 6.57. The number of nitrogens with zero attached hydrogens (tertiary/aromatic N) is 3. The van der Waals surface area contributed by atoms with Crippen molar-refractivity contribution in [2.45, 2.75) is 38.5 Å². The first-order valence-electron chi connectivity index (χ1n) is 9.01. The van der Waals surface area contributed by atoms with Crippen LogP contribution < -0.4 is 5.32 Å². The van der Waals surface area contributed by atoms with E-state index in [-0.39, 0.29) is 5.91 Å². The van der Waals surface area contributed by atoms with Crippen LogP contribution in [0.4, 0.5) is 5.82 Å². The Hall–Kier alpha value is -3.02. The fourth-order valence-electron chi connectivity index (χ4n) is 3.32. The molecular weight excluding hydrogens is 326 g/mol. The predicted octanol–water partition coefficient (Wildman–Crippen LogP) is 3.32. The van der Waals surface area contributed by atoms with Crippen LogP contribution in [-0.2, 0) is 24.1 Å². The zero-order valence-electron chi connectivity index (χ0n) is 14.5. The van der Waals surface area contributed by atoms with E-state index in [0.29, 0.717) is 24.5 Å². The summed E-state index contributed by atoms with van der Waals surface area (Å²) in [5.74, 6) is 1.11. The zero-order chi connectivity index (χ0) is 17.8. The molecule has 2 heterocycles. The van der Waals surface area contributed by atoms with Crippen LogP contribution in [0.3, 0.4) is 0 Å². The number of nitrogens with one attached hydrogen (secondary N) is 2. The van der Waals surface area contributed by atoms with Gasteiger partial charge in [0, 0.05) is 31.3 Å². The molecule has 0 radical (unpaired) electrons. The maximum absolute atomic E-state index is 12.1. The molecule has 0 saturated carbocycles. The molecule has 0 atom stereocenters. The molecule has 4 rings (SSSR count). The van der Waals surface area contributed by atoms with Crippen LogP contribution in [0.1, 0.15) is 36.2 Å². The molecule has 26 heavy (non-hydrogen) atoms. The monoisotopic (exact) mass is 347 g/mol. The summed E-state index contributed by atoms with van der Waals surface area (Å²) in [6, 6.07) is 10.2. The maximum atomic E-state index is 12.1. The van der Waals surface area contributed by atoms with Crippen molar-refractivity contribution in [1.82, 2.24) is 20.2 Å². The van der Waals surface area contributed by atoms with Gasteiger partial charge in [-0.15, -0.1) is 0 Å². The SMILES string of the molecule is O=C(CCc1ncccn1)Nc1cc(-c2ccc3c(c2)CCCC3)[nH]n1. The molecule has 1 aliphatic carbocycles. The number of rotatable bonds is 5. The predicted molar refractivity (Wildman–Crippen MR) is 99.6 cm³/mol. The number of aryl methyl sites for hydroxylation is 3. The number of carbonyl (C=O) groups is 1. The topological polar surface area (TPSA) is 83.6 Å². The third-order valence-corrected chi connectivity index (χ3v) is 4.70. The normalized spacial score (nSPS) is 13.2. The summed E-state index contributed by atoms with van der Waals surface area (Å²) in [6.45, 7) is 0. The Bertz CT molecular complexity index is 904. The lowest BCUT2D eigenvalue weighted by atomic mass is 9.90. The van der Waals surface area contributed by atoms with Crippen LogP contribution in [0, 0.1) is 0 Å². The summed E-state index contributed by atoms with van der Waals surface area (Å²) >= 11 is 0. The summed E-state index contributed by atoms with van der Waals surface area (Å²) in [5, 5.41) is 10.1. The average Bonchev–Trinajstić information content (AvgIpc) is 3.15. The first-order valence-corrected chi connectivity index (χ1v) is 9.01. The van der Waals surface area contributed by atoms with Crippen LogP contribution in [0.2, 0.25) is 0 Å². The Kier molecular flexibility index (Phi) is 4.73. The van der Waals surface area contributed by atoms with E-state index < -0.39 is 0 Å². The minimum absolute atomic E-state index is 0.0963. The van der Waals surface area contributed by atoms with Crippen molar-refractivity contribution in [2.75, 3.05) is 5.32 Å². The summed E-state index contributed by atoms with van der Waals surface area (Å²) in [4.78, 5) is 20.4. The number of H-pyrrole nitrogens is 1. The molecule has 1 aliphatic rings. The smallest absolute Gasteiger partial charge is 0.226 e. The molecular formula is C20H21N5O. The van der Waals surface area contributed by atoms with Crippen LogP contribution in [0.15, 0.2) is 42.7 Å². The second-order valence-corrected chi connectivity index (χ2v) is 6.57. The van der Waals surface area contributed by atoms with Crippen LogP contribution in [-0.4, -0.2) is 26.1 Å². The highest BCUT2D eigenvalue weighted by molar-refractivity contribution is 5.90. The van der Waals surface area contributed by atoms with Gasteiger partial charge in [0.05, 0.1) is 5.69 Å². The fourth-order valence-corrected chi connectivity index (χ4v) is 3.32. The van der Waals surface area contributed by atoms with Gasteiger partial charge >= 0.3 is 0 Å². The lowest BCUT2D eigenvalue weighted by Gasteiger charge is -2.16. The van der Waals surface area contributed by atoms with E-state index in [4.69, 9.17) is 0 Å². The maximum Gasteiger partial charge on any atom is 0.226 e. The van der Waals surface area contributed by atoms with E-state index in [9.17, 15) is 4.79 Å². The third-order valence-electron chi connectivity index (χ3n) is 4.70. The van der Waals surface area contributed by atoms with Gasteiger partial charge in [0.25, 0.3) is 0 Å². The Morgan fingerprint density at radius 1 is 1.08 bits per heavy atom. The molecule has 0 spiro atoms. The van der Waals surface area contributed by atoms with Crippen molar-refractivity contribution in [1.29, 1.82) is 0 Å². The van der Waals surface area contributed by atoms with Gasteiger partial charge in [-0.2, -0.15) is 5.10 Å². The Labute approximate surface area is 152 Å². The number of aromatic nitrogens is 4. The van der Waals surface area contributed by atoms with Crippen molar-refractivity contribution >= 4 is 11.7 Å². The number of carbonyl (C=O) groups excluding carboxylic acids is 1. The van der Waals surface area contributed by atoms with E-state index in [2.05, 4.69) is 43.7 Å². The van der Waals surface area contributed by atoms with E-state index in [1.807, 2.05) is 6.07 Å². The summed E-state index contributed by atoms with van der Waals surface area (Å²) in [7, 11) is 0. The number of aromatic amines is 1. The number of anilines is 1. The summed E-state index contributed by atoms with van der Waals surface area (Å²) in [5.41, 5.74) is 4.91. The molecule has 0 fully saturated rings. The molecule has 132 valence electrons. The van der Waals surface area contributed by atoms with Crippen LogP contribution in [0.5, 0.6) is 0 Å². The van der Waals surface area contributed by atoms with Crippen molar-refractivity contribution in [3.05, 3.63) is 59.7 Å². The van der Waals surface area contributed by atoms with Gasteiger partial charge in [-0.05, 0) is 54.5 Å². The largest absolute Gasteiger partial charge is 0.309 e. The Morgan fingerprint density at radius 2 is 1.88 bits per heavy atom. The van der Waals surface area contributed by atoms with Gasteiger partial charge in [-0.3, -0.25) is 9.89 Å². The van der Waals surface area contributed by atoms with E-state index in [1.165, 1.54) is 30.4 Å². The van der Waals surface area contributed by atoms with E-state index >= 15 is 0 Å². The third kappa shape index (κ3) is 3.79. The summed E-state index contributed by atoms with van der Waals surface area (Å²) < 4.78 is 0. The van der Waals surface area contributed by atoms with Gasteiger partial charge in [0.15, 0.2) is 5.82 Å². The average molecular weight is 347 g/mol.